The summed E-state index contributed by atoms with van der Waals surface area (Å²) in [7, 11) is 2.69. The average molecular weight is 434 g/mol. The fourth-order valence-corrected chi connectivity index (χ4v) is 3.46. The van der Waals surface area contributed by atoms with Crippen LogP contribution in [-0.4, -0.2) is 55.4 Å². The highest BCUT2D eigenvalue weighted by molar-refractivity contribution is 6.34. The van der Waals surface area contributed by atoms with Crippen LogP contribution in [0.4, 0.5) is 10.5 Å². The van der Waals surface area contributed by atoms with Gasteiger partial charge in [0.25, 0.3) is 0 Å². The van der Waals surface area contributed by atoms with Crippen LogP contribution in [0.5, 0.6) is 5.75 Å². The maximum Gasteiger partial charge on any atom is 0.341 e. The van der Waals surface area contributed by atoms with Gasteiger partial charge in [-0.05, 0) is 30.5 Å². The summed E-state index contributed by atoms with van der Waals surface area (Å²) >= 11 is 6.31. The lowest BCUT2D eigenvalue weighted by atomic mass is 10.1. The molecule has 9 heteroatoms. The van der Waals surface area contributed by atoms with Crippen molar-refractivity contribution in [3.05, 3.63) is 52.8 Å². The molecule has 1 saturated heterocycles. The monoisotopic (exact) mass is 433 g/mol. The van der Waals surface area contributed by atoms with E-state index >= 15 is 0 Å². The second kappa shape index (κ2) is 10.3. The summed E-state index contributed by atoms with van der Waals surface area (Å²) in [5, 5.41) is 3.01. The molecule has 1 fully saturated rings. The van der Waals surface area contributed by atoms with Gasteiger partial charge < -0.3 is 24.4 Å². The number of amides is 2. The molecular formula is C21H24ClN3O5. The molecule has 0 unspecified atom stereocenters. The number of esters is 1. The first kappa shape index (κ1) is 21.9. The molecule has 8 nitrogen and oxygen atoms in total. The van der Waals surface area contributed by atoms with E-state index in [-0.39, 0.29) is 28.5 Å². The average Bonchev–Trinajstić information content (AvgIpc) is 3.27. The highest BCUT2D eigenvalue weighted by atomic mass is 35.5. The number of hydrogen-bond donors (Lipinski definition) is 1. The molecule has 0 radical (unpaired) electrons. The van der Waals surface area contributed by atoms with E-state index < -0.39 is 5.97 Å². The molecule has 1 aliphatic heterocycles. The van der Waals surface area contributed by atoms with Crippen molar-refractivity contribution >= 4 is 29.3 Å². The molecule has 2 amide bonds. The molecule has 0 aliphatic carbocycles. The number of urea groups is 1. The number of carbonyl (C=O) groups excluding carboxylic acids is 2. The number of carbonyl (C=O) groups is 2. The third-order valence-electron chi connectivity index (χ3n) is 4.77. The zero-order valence-corrected chi connectivity index (χ0v) is 17.6. The quantitative estimate of drug-likeness (QED) is 0.669. The molecule has 1 aromatic heterocycles. The van der Waals surface area contributed by atoms with E-state index in [9.17, 15) is 9.59 Å². The van der Waals surface area contributed by atoms with Crippen LogP contribution < -0.4 is 10.1 Å². The van der Waals surface area contributed by atoms with Crippen molar-refractivity contribution < 1.29 is 23.8 Å². The number of hydrogen-bond acceptors (Lipinski definition) is 6. The molecule has 0 saturated carbocycles. The van der Waals surface area contributed by atoms with Gasteiger partial charge in [-0.1, -0.05) is 17.7 Å². The number of methoxy groups -OCH3 is 2. The number of nitrogens with zero attached hydrogens (tertiary/aromatic N) is 2. The summed E-state index contributed by atoms with van der Waals surface area (Å²) in [5.74, 6) is -0.331. The lowest BCUT2D eigenvalue weighted by molar-refractivity contribution is 0.0597. The summed E-state index contributed by atoms with van der Waals surface area (Å²) in [6, 6.07) is 6.30. The van der Waals surface area contributed by atoms with Crippen LogP contribution in [-0.2, 0) is 16.0 Å². The van der Waals surface area contributed by atoms with Crippen LogP contribution in [0.1, 0.15) is 28.8 Å². The first-order valence-electron chi connectivity index (χ1n) is 9.54. The maximum atomic E-state index is 13.1. The zero-order valence-electron chi connectivity index (χ0n) is 16.9. The first-order chi connectivity index (χ1) is 14.5. The molecule has 0 spiro atoms. The topological polar surface area (TPSA) is 90.0 Å². The van der Waals surface area contributed by atoms with Gasteiger partial charge in [0.2, 0.25) is 0 Å². The smallest absolute Gasteiger partial charge is 0.341 e. The largest absolute Gasteiger partial charge is 0.496 e. The van der Waals surface area contributed by atoms with Crippen LogP contribution in [0, 0.1) is 0 Å². The molecular weight excluding hydrogens is 410 g/mol. The normalized spacial score (nSPS) is 15.5. The predicted molar refractivity (Wildman–Crippen MR) is 112 cm³/mol. The van der Waals surface area contributed by atoms with Gasteiger partial charge in [-0.3, -0.25) is 4.98 Å². The molecule has 3 rings (SSSR count). The summed E-state index contributed by atoms with van der Waals surface area (Å²) in [5.41, 5.74) is 1.40. The van der Waals surface area contributed by atoms with Crippen LogP contribution in [0.25, 0.3) is 0 Å². The molecule has 2 aromatic rings. The molecule has 0 bridgehead atoms. The highest BCUT2D eigenvalue weighted by Gasteiger charge is 2.24. The van der Waals surface area contributed by atoms with Crippen LogP contribution in [0.2, 0.25) is 5.02 Å². The van der Waals surface area contributed by atoms with E-state index in [1.807, 2.05) is 12.1 Å². The number of pyridine rings is 1. The van der Waals surface area contributed by atoms with Crippen molar-refractivity contribution in [2.45, 2.75) is 25.5 Å². The maximum absolute atomic E-state index is 13.1. The van der Waals surface area contributed by atoms with E-state index in [0.29, 0.717) is 25.4 Å². The number of nitrogens with one attached hydrogen (secondary N) is 1. The Labute approximate surface area is 180 Å². The summed E-state index contributed by atoms with van der Waals surface area (Å²) in [6.45, 7) is 1.51. The van der Waals surface area contributed by atoms with Gasteiger partial charge >= 0.3 is 12.0 Å². The lowest BCUT2D eigenvalue weighted by Gasteiger charge is -2.26. The number of ether oxygens (including phenoxy) is 3. The second-order valence-electron chi connectivity index (χ2n) is 6.83. The lowest BCUT2D eigenvalue weighted by Crippen LogP contribution is -2.39. The number of rotatable bonds is 7. The second-order valence-corrected chi connectivity index (χ2v) is 7.24. The minimum absolute atomic E-state index is 0.0147. The third kappa shape index (κ3) is 5.40. The van der Waals surface area contributed by atoms with Crippen LogP contribution >= 0.6 is 11.6 Å². The Kier molecular flexibility index (Phi) is 7.48. The minimum atomic E-state index is -0.580. The number of aromatic nitrogens is 1. The fraction of sp³-hybridized carbons (Fsp3) is 0.381. The molecule has 2 heterocycles. The molecule has 1 aliphatic rings. The van der Waals surface area contributed by atoms with Crippen molar-refractivity contribution in [2.24, 2.45) is 0 Å². The Hall–Kier alpha value is -2.84. The minimum Gasteiger partial charge on any atom is -0.496 e. The Morgan fingerprint density at radius 3 is 2.83 bits per heavy atom. The van der Waals surface area contributed by atoms with E-state index in [1.165, 1.54) is 26.4 Å². The van der Waals surface area contributed by atoms with Gasteiger partial charge in [0, 0.05) is 38.2 Å². The third-order valence-corrected chi connectivity index (χ3v) is 5.08. The van der Waals surface area contributed by atoms with E-state index in [0.717, 1.165) is 18.4 Å². The summed E-state index contributed by atoms with van der Waals surface area (Å²) < 4.78 is 15.7. The van der Waals surface area contributed by atoms with Crippen molar-refractivity contribution in [1.29, 1.82) is 0 Å². The van der Waals surface area contributed by atoms with Crippen molar-refractivity contribution in [3.8, 4) is 5.75 Å². The van der Waals surface area contributed by atoms with Crippen LogP contribution in [0.3, 0.4) is 0 Å². The Balaban J connectivity index is 1.81. The summed E-state index contributed by atoms with van der Waals surface area (Å²) in [4.78, 5) is 30.8. The Morgan fingerprint density at radius 1 is 1.37 bits per heavy atom. The van der Waals surface area contributed by atoms with Gasteiger partial charge in [0.15, 0.2) is 0 Å². The summed E-state index contributed by atoms with van der Waals surface area (Å²) in [6.07, 6.45) is 5.27. The standard InChI is InChI=1S/C21H24ClN3O5/c1-28-19-10-18(17(22)9-16(19)20(26)29-2)24-21(27)25(13-15-6-4-8-30-15)12-14-5-3-7-23-11-14/h3,5,7,9-11,15H,4,6,8,12-13H2,1-2H3,(H,24,27)/t15-/m1/s1. The number of anilines is 1. The molecule has 160 valence electrons. The first-order valence-corrected chi connectivity index (χ1v) is 9.92. The van der Waals surface area contributed by atoms with Crippen LogP contribution in [0.15, 0.2) is 36.7 Å². The fourth-order valence-electron chi connectivity index (χ4n) is 3.25. The van der Waals surface area contributed by atoms with Crippen molar-refractivity contribution in [3.63, 3.8) is 0 Å². The van der Waals surface area contributed by atoms with Crippen molar-refractivity contribution in [2.75, 3.05) is 32.7 Å². The van der Waals surface area contributed by atoms with Gasteiger partial charge in [-0.15, -0.1) is 0 Å². The van der Waals surface area contributed by atoms with Gasteiger partial charge in [-0.25, -0.2) is 9.59 Å². The van der Waals surface area contributed by atoms with Gasteiger partial charge in [0.05, 0.1) is 31.0 Å². The predicted octanol–water partition coefficient (Wildman–Crippen LogP) is 3.74. The van der Waals surface area contributed by atoms with Crippen molar-refractivity contribution in [1.82, 2.24) is 9.88 Å². The molecule has 30 heavy (non-hydrogen) atoms. The number of halogens is 1. The van der Waals surface area contributed by atoms with E-state index in [1.54, 1.807) is 17.3 Å². The highest BCUT2D eigenvalue weighted by Crippen LogP contribution is 2.32. The Bertz CT molecular complexity index is 888. The van der Waals surface area contributed by atoms with Gasteiger partial charge in [0.1, 0.15) is 11.3 Å². The van der Waals surface area contributed by atoms with E-state index in [4.69, 9.17) is 25.8 Å². The zero-order chi connectivity index (χ0) is 21.5. The van der Waals surface area contributed by atoms with E-state index in [2.05, 4.69) is 10.3 Å². The Morgan fingerprint density at radius 2 is 2.20 bits per heavy atom. The SMILES string of the molecule is COC(=O)c1cc(Cl)c(NC(=O)N(Cc2cccnc2)C[C@H]2CCCO2)cc1OC. The molecule has 1 atom stereocenters. The molecule has 1 N–H and O–H groups in total. The van der Waals surface area contributed by atoms with Gasteiger partial charge in [-0.2, -0.15) is 0 Å². The number of benzene rings is 1. The molecule has 1 aromatic carbocycles.